The van der Waals surface area contributed by atoms with E-state index in [9.17, 15) is 14.4 Å². The van der Waals surface area contributed by atoms with Crippen LogP contribution in [-0.4, -0.2) is 42.6 Å². The summed E-state index contributed by atoms with van der Waals surface area (Å²) in [7, 11) is 0. The SMILES string of the molecule is CCOC(=O)C1(C(=O)OCC)C[C@@H]2C[C@H]3C=CC(=O)[C@]2(C1)O3. The van der Waals surface area contributed by atoms with Crippen LogP contribution >= 0.6 is 0 Å². The fraction of sp³-hybridized carbons (Fsp3) is 0.688. The van der Waals surface area contributed by atoms with Crippen LogP contribution in [0.3, 0.4) is 0 Å². The van der Waals surface area contributed by atoms with Gasteiger partial charge in [-0.25, -0.2) is 0 Å². The van der Waals surface area contributed by atoms with Gasteiger partial charge in [0.25, 0.3) is 0 Å². The summed E-state index contributed by atoms with van der Waals surface area (Å²) in [4.78, 5) is 37.3. The molecule has 6 nitrogen and oxygen atoms in total. The molecular formula is C16H20O6. The molecule has 6 heteroatoms. The van der Waals surface area contributed by atoms with E-state index in [-0.39, 0.29) is 43.9 Å². The zero-order valence-electron chi connectivity index (χ0n) is 12.8. The van der Waals surface area contributed by atoms with Gasteiger partial charge in [0.15, 0.2) is 11.2 Å². The first-order valence-electron chi connectivity index (χ1n) is 7.73. The molecule has 3 aliphatic rings. The molecule has 2 aliphatic heterocycles. The standard InChI is InChI=1S/C16H20O6/c1-3-20-13(18)15(14(19)21-4-2)8-10-7-11-5-6-12(17)16(10,9-15)22-11/h5-6,10-11H,3-4,7-9H2,1-2H3/t10-,11+,16+/m0/s1. The van der Waals surface area contributed by atoms with Crippen molar-refractivity contribution in [1.82, 2.24) is 0 Å². The van der Waals surface area contributed by atoms with Crippen molar-refractivity contribution in [3.05, 3.63) is 12.2 Å². The van der Waals surface area contributed by atoms with Crippen molar-refractivity contribution in [2.75, 3.05) is 13.2 Å². The molecule has 1 aliphatic carbocycles. The highest BCUT2D eigenvalue weighted by atomic mass is 16.6. The quantitative estimate of drug-likeness (QED) is 0.573. The zero-order valence-corrected chi connectivity index (χ0v) is 12.8. The van der Waals surface area contributed by atoms with Crippen LogP contribution in [0.2, 0.25) is 0 Å². The molecule has 0 aromatic rings. The predicted octanol–water partition coefficient (Wildman–Crippen LogP) is 1.18. The van der Waals surface area contributed by atoms with Crippen LogP contribution in [-0.2, 0) is 28.6 Å². The predicted molar refractivity (Wildman–Crippen MR) is 74.8 cm³/mol. The van der Waals surface area contributed by atoms with Gasteiger partial charge in [0.05, 0.1) is 19.3 Å². The summed E-state index contributed by atoms with van der Waals surface area (Å²) in [6.45, 7) is 3.72. The minimum Gasteiger partial charge on any atom is -0.465 e. The van der Waals surface area contributed by atoms with Crippen molar-refractivity contribution < 1.29 is 28.6 Å². The Hall–Kier alpha value is -1.69. The number of esters is 2. The Balaban J connectivity index is 1.97. The molecule has 3 rings (SSSR count). The van der Waals surface area contributed by atoms with Crippen molar-refractivity contribution in [1.29, 1.82) is 0 Å². The van der Waals surface area contributed by atoms with E-state index in [1.54, 1.807) is 19.9 Å². The summed E-state index contributed by atoms with van der Waals surface area (Å²) in [6, 6.07) is 0. The van der Waals surface area contributed by atoms with Gasteiger partial charge in [0, 0.05) is 6.42 Å². The number of ether oxygens (including phenoxy) is 3. The van der Waals surface area contributed by atoms with Gasteiger partial charge in [-0.15, -0.1) is 0 Å². The average Bonchev–Trinajstić information content (AvgIpc) is 2.94. The van der Waals surface area contributed by atoms with Gasteiger partial charge in [-0.3, -0.25) is 14.4 Å². The molecule has 0 amide bonds. The number of rotatable bonds is 4. The van der Waals surface area contributed by atoms with Gasteiger partial charge in [-0.1, -0.05) is 6.08 Å². The van der Waals surface area contributed by atoms with E-state index in [4.69, 9.17) is 14.2 Å². The van der Waals surface area contributed by atoms with Gasteiger partial charge in [-0.2, -0.15) is 0 Å². The largest absolute Gasteiger partial charge is 0.465 e. The monoisotopic (exact) mass is 308 g/mol. The first kappa shape index (κ1) is 15.2. The van der Waals surface area contributed by atoms with Crippen LogP contribution in [0.15, 0.2) is 12.2 Å². The smallest absolute Gasteiger partial charge is 0.323 e. The lowest BCUT2D eigenvalue weighted by Crippen LogP contribution is -2.46. The van der Waals surface area contributed by atoms with E-state index < -0.39 is 23.0 Å². The van der Waals surface area contributed by atoms with Crippen LogP contribution in [0.4, 0.5) is 0 Å². The normalized spacial score (nSPS) is 34.4. The molecule has 2 fully saturated rings. The second-order valence-electron chi connectivity index (χ2n) is 6.11. The van der Waals surface area contributed by atoms with Crippen molar-refractivity contribution >= 4 is 17.7 Å². The maximum absolute atomic E-state index is 12.5. The molecule has 22 heavy (non-hydrogen) atoms. The first-order chi connectivity index (χ1) is 10.5. The summed E-state index contributed by atoms with van der Waals surface area (Å²) in [5, 5.41) is 0. The highest BCUT2D eigenvalue weighted by molar-refractivity contribution is 6.05. The second-order valence-corrected chi connectivity index (χ2v) is 6.11. The second kappa shape index (κ2) is 5.19. The van der Waals surface area contributed by atoms with E-state index in [1.165, 1.54) is 6.08 Å². The molecule has 0 unspecified atom stereocenters. The third-order valence-corrected chi connectivity index (χ3v) is 4.91. The van der Waals surface area contributed by atoms with E-state index in [0.29, 0.717) is 6.42 Å². The van der Waals surface area contributed by atoms with E-state index >= 15 is 0 Å². The Morgan fingerprint density at radius 1 is 1.27 bits per heavy atom. The molecule has 2 heterocycles. The number of carbonyl (C=O) groups is 3. The summed E-state index contributed by atoms with van der Waals surface area (Å²) in [5.41, 5.74) is -2.50. The number of ketones is 1. The molecule has 2 bridgehead atoms. The van der Waals surface area contributed by atoms with E-state index in [0.717, 1.165) is 0 Å². The topological polar surface area (TPSA) is 78.9 Å². The maximum atomic E-state index is 12.5. The minimum absolute atomic E-state index is 0.0159. The Morgan fingerprint density at radius 3 is 2.50 bits per heavy atom. The van der Waals surface area contributed by atoms with Gasteiger partial charge in [0.2, 0.25) is 0 Å². The van der Waals surface area contributed by atoms with Gasteiger partial charge in [0.1, 0.15) is 5.60 Å². The summed E-state index contributed by atoms with van der Waals surface area (Å²) < 4.78 is 16.1. The van der Waals surface area contributed by atoms with Gasteiger partial charge >= 0.3 is 11.9 Å². The Kier molecular flexibility index (Phi) is 3.59. The Bertz CT molecular complexity index is 533. The summed E-state index contributed by atoms with van der Waals surface area (Å²) >= 11 is 0. The van der Waals surface area contributed by atoms with Gasteiger partial charge < -0.3 is 14.2 Å². The fourth-order valence-electron chi connectivity index (χ4n) is 3.99. The third-order valence-electron chi connectivity index (χ3n) is 4.91. The van der Waals surface area contributed by atoms with Crippen LogP contribution < -0.4 is 0 Å². The molecular weight excluding hydrogens is 288 g/mol. The zero-order chi connectivity index (χ0) is 16.0. The first-order valence-corrected chi connectivity index (χ1v) is 7.73. The fourth-order valence-corrected chi connectivity index (χ4v) is 3.99. The van der Waals surface area contributed by atoms with Crippen LogP contribution in [0, 0.1) is 11.3 Å². The van der Waals surface area contributed by atoms with Crippen LogP contribution in [0.25, 0.3) is 0 Å². The third kappa shape index (κ3) is 1.93. The lowest BCUT2D eigenvalue weighted by molar-refractivity contribution is -0.174. The molecule has 0 radical (unpaired) electrons. The van der Waals surface area contributed by atoms with Gasteiger partial charge in [-0.05, 0) is 38.7 Å². The lowest BCUT2D eigenvalue weighted by atomic mass is 9.82. The molecule has 0 N–H and O–H groups in total. The van der Waals surface area contributed by atoms with Crippen LogP contribution in [0.1, 0.15) is 33.1 Å². The molecule has 3 atom stereocenters. The maximum Gasteiger partial charge on any atom is 0.323 e. The molecule has 0 aromatic carbocycles. The Labute approximate surface area is 128 Å². The highest BCUT2D eigenvalue weighted by Gasteiger charge is 2.69. The minimum atomic E-state index is -1.43. The highest BCUT2D eigenvalue weighted by Crippen LogP contribution is 2.58. The molecule has 1 spiro atoms. The van der Waals surface area contributed by atoms with Crippen molar-refractivity contribution in [2.45, 2.75) is 44.8 Å². The molecule has 120 valence electrons. The number of hydrogen-bond acceptors (Lipinski definition) is 6. The van der Waals surface area contributed by atoms with E-state index in [2.05, 4.69) is 0 Å². The van der Waals surface area contributed by atoms with Crippen LogP contribution in [0.5, 0.6) is 0 Å². The molecule has 0 aromatic heterocycles. The Morgan fingerprint density at radius 2 is 1.91 bits per heavy atom. The summed E-state index contributed by atoms with van der Waals surface area (Å²) in [5.74, 6) is -1.55. The van der Waals surface area contributed by atoms with Crippen molar-refractivity contribution in [3.63, 3.8) is 0 Å². The van der Waals surface area contributed by atoms with Crippen molar-refractivity contribution in [3.8, 4) is 0 Å². The summed E-state index contributed by atoms with van der Waals surface area (Å²) in [6.07, 6.45) is 4.06. The molecule has 1 saturated carbocycles. The number of hydrogen-bond donors (Lipinski definition) is 0. The molecule has 1 saturated heterocycles. The van der Waals surface area contributed by atoms with E-state index in [1.807, 2.05) is 0 Å². The lowest BCUT2D eigenvalue weighted by Gasteiger charge is -2.31. The number of carbonyl (C=O) groups excluding carboxylic acids is 3. The average molecular weight is 308 g/mol. The number of fused-ring (bicyclic) bond motifs is 1. The van der Waals surface area contributed by atoms with Crippen molar-refractivity contribution in [2.24, 2.45) is 11.3 Å².